The Morgan fingerprint density at radius 3 is 2.66 bits per heavy atom. The number of aromatic nitrogens is 5. The second-order valence-corrected chi connectivity index (χ2v) is 9.34. The normalized spacial score (nSPS) is 15.5. The average Bonchev–Trinajstić information content (AvgIpc) is 3.64. The van der Waals surface area contributed by atoms with Gasteiger partial charge in [0.15, 0.2) is 17.3 Å². The van der Waals surface area contributed by atoms with E-state index in [-0.39, 0.29) is 12.4 Å². The number of fused-ring (bicyclic) bond motifs is 2. The first-order valence-corrected chi connectivity index (χ1v) is 12.2. The fraction of sp³-hybridized carbons (Fsp3) is 0.385. The molecule has 0 saturated heterocycles. The molecule has 3 heterocycles. The van der Waals surface area contributed by atoms with E-state index in [1.165, 1.54) is 18.4 Å². The van der Waals surface area contributed by atoms with Crippen LogP contribution in [0.4, 0.5) is 0 Å². The Morgan fingerprint density at radius 2 is 1.83 bits per heavy atom. The highest BCUT2D eigenvalue weighted by atomic mass is 16.7. The van der Waals surface area contributed by atoms with Gasteiger partial charge in [-0.25, -0.2) is 4.68 Å². The smallest absolute Gasteiger partial charge is 0.252 e. The number of hydrogen-bond acceptors (Lipinski definition) is 7. The second-order valence-electron chi connectivity index (χ2n) is 9.34. The summed E-state index contributed by atoms with van der Waals surface area (Å²) in [5.74, 6) is 2.21. The van der Waals surface area contributed by atoms with Crippen molar-refractivity contribution in [3.05, 3.63) is 75.8 Å². The molecule has 0 spiro atoms. The van der Waals surface area contributed by atoms with E-state index in [0.717, 1.165) is 42.5 Å². The lowest BCUT2D eigenvalue weighted by molar-refractivity contribution is 0.174. The van der Waals surface area contributed by atoms with Crippen molar-refractivity contribution in [3.8, 4) is 11.5 Å². The van der Waals surface area contributed by atoms with Crippen molar-refractivity contribution in [2.24, 2.45) is 0 Å². The Balaban J connectivity index is 1.28. The zero-order valence-corrected chi connectivity index (χ0v) is 19.5. The van der Waals surface area contributed by atoms with Gasteiger partial charge in [0.05, 0.1) is 18.1 Å². The van der Waals surface area contributed by atoms with Gasteiger partial charge in [0, 0.05) is 30.1 Å². The highest BCUT2D eigenvalue weighted by Crippen LogP contribution is 2.35. The Morgan fingerprint density at radius 1 is 1.03 bits per heavy atom. The quantitative estimate of drug-likeness (QED) is 0.418. The average molecular weight is 473 g/mol. The highest BCUT2D eigenvalue weighted by molar-refractivity contribution is 5.83. The SMILES string of the molecule is O=c1[nH]c2cc3c(cc2cc1CN(CCc1ccccc1)Cc1nnnn1C1CCCC1)OCO3. The van der Waals surface area contributed by atoms with Crippen LogP contribution in [0.2, 0.25) is 0 Å². The number of benzene rings is 2. The first-order valence-electron chi connectivity index (χ1n) is 12.2. The third-order valence-corrected chi connectivity index (χ3v) is 6.96. The van der Waals surface area contributed by atoms with E-state index >= 15 is 0 Å². The third kappa shape index (κ3) is 4.64. The van der Waals surface area contributed by atoms with Gasteiger partial charge in [-0.15, -0.1) is 5.10 Å². The van der Waals surface area contributed by atoms with Crippen LogP contribution in [0.15, 0.2) is 53.3 Å². The summed E-state index contributed by atoms with van der Waals surface area (Å²) in [5, 5.41) is 13.6. The summed E-state index contributed by atoms with van der Waals surface area (Å²) in [7, 11) is 0. The Hall–Kier alpha value is -3.72. The van der Waals surface area contributed by atoms with Crippen molar-refractivity contribution in [2.75, 3.05) is 13.3 Å². The zero-order chi connectivity index (χ0) is 23.6. The fourth-order valence-corrected chi connectivity index (χ4v) is 5.09. The third-order valence-electron chi connectivity index (χ3n) is 6.96. The van der Waals surface area contributed by atoms with E-state index in [0.29, 0.717) is 36.2 Å². The molecule has 0 bridgehead atoms. The maximum absolute atomic E-state index is 13.0. The Kier molecular flexibility index (Phi) is 5.91. The molecule has 1 saturated carbocycles. The van der Waals surface area contributed by atoms with E-state index in [2.05, 4.69) is 49.7 Å². The van der Waals surface area contributed by atoms with Crippen LogP contribution >= 0.6 is 0 Å². The molecule has 0 unspecified atom stereocenters. The molecule has 2 aromatic heterocycles. The molecule has 4 aromatic rings. The molecule has 0 radical (unpaired) electrons. The molecule has 2 aliphatic rings. The number of aromatic amines is 1. The van der Waals surface area contributed by atoms with Crippen LogP contribution in [0.1, 0.15) is 48.7 Å². The van der Waals surface area contributed by atoms with Crippen LogP contribution in [0.3, 0.4) is 0 Å². The number of ether oxygens (including phenoxy) is 2. The van der Waals surface area contributed by atoms with Crippen LogP contribution in [-0.4, -0.2) is 43.4 Å². The number of nitrogens with one attached hydrogen (secondary N) is 1. The van der Waals surface area contributed by atoms with Gasteiger partial charge in [-0.1, -0.05) is 43.2 Å². The second kappa shape index (κ2) is 9.50. The molecular formula is C26H28N6O3. The topological polar surface area (TPSA) is 98.2 Å². The zero-order valence-electron chi connectivity index (χ0n) is 19.5. The van der Waals surface area contributed by atoms with Crippen molar-refractivity contribution in [2.45, 2.75) is 51.2 Å². The standard InChI is InChI=1S/C26H28N6O3/c33-26-20(12-19-13-23-24(35-17-34-23)14-22(19)27-26)15-31(11-10-18-6-2-1-3-7-18)16-25-28-29-30-32(25)21-8-4-5-9-21/h1-3,6-7,12-14,21H,4-5,8-11,15-17H2,(H,27,33). The molecule has 0 atom stereocenters. The van der Waals surface area contributed by atoms with Gasteiger partial charge < -0.3 is 14.5 Å². The van der Waals surface area contributed by atoms with Gasteiger partial charge in [-0.3, -0.25) is 9.69 Å². The summed E-state index contributed by atoms with van der Waals surface area (Å²) in [6.45, 7) is 2.05. The summed E-state index contributed by atoms with van der Waals surface area (Å²) < 4.78 is 13.0. The van der Waals surface area contributed by atoms with Crippen molar-refractivity contribution in [1.29, 1.82) is 0 Å². The number of rotatable bonds is 8. The van der Waals surface area contributed by atoms with E-state index in [1.807, 2.05) is 28.9 Å². The minimum Gasteiger partial charge on any atom is -0.454 e. The highest BCUT2D eigenvalue weighted by Gasteiger charge is 2.23. The van der Waals surface area contributed by atoms with Crippen molar-refractivity contribution in [3.63, 3.8) is 0 Å². The van der Waals surface area contributed by atoms with Gasteiger partial charge in [-0.05, 0) is 47.4 Å². The van der Waals surface area contributed by atoms with Gasteiger partial charge in [0.1, 0.15) is 0 Å². The number of H-pyrrole nitrogens is 1. The first kappa shape index (κ1) is 21.8. The van der Waals surface area contributed by atoms with Gasteiger partial charge in [0.25, 0.3) is 5.56 Å². The molecule has 1 aliphatic carbocycles. The lowest BCUT2D eigenvalue weighted by Gasteiger charge is -2.23. The number of pyridine rings is 1. The van der Waals surface area contributed by atoms with E-state index in [4.69, 9.17) is 9.47 Å². The number of tetrazole rings is 1. The van der Waals surface area contributed by atoms with E-state index in [9.17, 15) is 4.79 Å². The summed E-state index contributed by atoms with van der Waals surface area (Å²) in [6.07, 6.45) is 5.53. The Bertz CT molecular complexity index is 1380. The summed E-state index contributed by atoms with van der Waals surface area (Å²) in [6, 6.07) is 16.5. The van der Waals surface area contributed by atoms with Crippen LogP contribution in [0.5, 0.6) is 11.5 Å². The maximum atomic E-state index is 13.0. The number of hydrogen-bond donors (Lipinski definition) is 1. The summed E-state index contributed by atoms with van der Waals surface area (Å²) in [4.78, 5) is 18.3. The van der Waals surface area contributed by atoms with Crippen LogP contribution < -0.4 is 15.0 Å². The molecule has 0 amide bonds. The summed E-state index contributed by atoms with van der Waals surface area (Å²) >= 11 is 0. The monoisotopic (exact) mass is 472 g/mol. The first-order chi connectivity index (χ1) is 17.2. The molecule has 9 heteroatoms. The van der Waals surface area contributed by atoms with Gasteiger partial charge in [-0.2, -0.15) is 0 Å². The summed E-state index contributed by atoms with van der Waals surface area (Å²) in [5.41, 5.74) is 2.60. The molecule has 1 fully saturated rings. The predicted molar refractivity (Wildman–Crippen MR) is 130 cm³/mol. The predicted octanol–water partition coefficient (Wildman–Crippen LogP) is 3.60. The van der Waals surface area contributed by atoms with Crippen molar-refractivity contribution >= 4 is 10.9 Å². The maximum Gasteiger partial charge on any atom is 0.252 e. The molecule has 180 valence electrons. The molecular weight excluding hydrogens is 444 g/mol. The van der Waals surface area contributed by atoms with Crippen LogP contribution in [0.25, 0.3) is 10.9 Å². The lowest BCUT2D eigenvalue weighted by atomic mass is 10.1. The van der Waals surface area contributed by atoms with E-state index < -0.39 is 0 Å². The molecule has 2 aromatic carbocycles. The number of nitrogens with zero attached hydrogens (tertiary/aromatic N) is 5. The minimum atomic E-state index is -0.100. The van der Waals surface area contributed by atoms with E-state index in [1.54, 1.807) is 0 Å². The molecule has 35 heavy (non-hydrogen) atoms. The van der Waals surface area contributed by atoms with Crippen molar-refractivity contribution < 1.29 is 9.47 Å². The van der Waals surface area contributed by atoms with Gasteiger partial charge >= 0.3 is 0 Å². The van der Waals surface area contributed by atoms with Crippen LogP contribution in [0, 0.1) is 0 Å². The fourth-order valence-electron chi connectivity index (χ4n) is 5.09. The Labute approximate surface area is 202 Å². The largest absolute Gasteiger partial charge is 0.454 e. The minimum absolute atomic E-state index is 0.100. The molecule has 1 aliphatic heterocycles. The molecule has 9 nitrogen and oxygen atoms in total. The molecule has 1 N–H and O–H groups in total. The van der Waals surface area contributed by atoms with Crippen molar-refractivity contribution in [1.82, 2.24) is 30.1 Å². The molecule has 6 rings (SSSR count). The van der Waals surface area contributed by atoms with Crippen LogP contribution in [-0.2, 0) is 19.5 Å². The van der Waals surface area contributed by atoms with Gasteiger partial charge in [0.2, 0.25) is 6.79 Å². The lowest BCUT2D eigenvalue weighted by Crippen LogP contribution is -2.30.